The number of hydrogen-bond donors (Lipinski definition) is 1. The Morgan fingerprint density at radius 3 is 2.44 bits per heavy atom. The number of hydrogen-bond acceptors (Lipinski definition) is 5. The summed E-state index contributed by atoms with van der Waals surface area (Å²) in [7, 11) is 0. The number of thioether (sulfide) groups is 1. The zero-order chi connectivity index (χ0) is 25.7. The molecular weight excluding hydrogens is 540 g/mol. The maximum absolute atomic E-state index is 12.7. The van der Waals surface area contributed by atoms with Gasteiger partial charge >= 0.3 is 0 Å². The molecule has 8 heteroatoms. The van der Waals surface area contributed by atoms with Gasteiger partial charge in [0.2, 0.25) is 0 Å². The van der Waals surface area contributed by atoms with E-state index in [2.05, 4.69) is 21.2 Å². The fourth-order valence-corrected chi connectivity index (χ4v) is 5.02. The van der Waals surface area contributed by atoms with Crippen LogP contribution in [0.5, 0.6) is 5.75 Å². The first-order chi connectivity index (χ1) is 17.3. The Labute approximate surface area is 222 Å². The lowest BCUT2D eigenvalue weighted by Gasteiger charge is -2.12. The largest absolute Gasteiger partial charge is 0.484 e. The minimum absolute atomic E-state index is 0.140. The average molecular weight is 565 g/mol. The van der Waals surface area contributed by atoms with E-state index in [9.17, 15) is 14.4 Å². The summed E-state index contributed by atoms with van der Waals surface area (Å²) in [5.74, 6) is -0.0277. The molecule has 0 saturated carbocycles. The molecule has 0 aliphatic carbocycles. The van der Waals surface area contributed by atoms with Gasteiger partial charge in [0.15, 0.2) is 6.61 Å². The molecule has 1 aliphatic rings. The van der Waals surface area contributed by atoms with Crippen molar-refractivity contribution in [2.24, 2.45) is 0 Å². The number of anilines is 1. The van der Waals surface area contributed by atoms with Crippen LogP contribution in [0.2, 0.25) is 0 Å². The minimum atomic E-state index is -0.282. The van der Waals surface area contributed by atoms with Gasteiger partial charge in [-0.15, -0.1) is 0 Å². The minimum Gasteiger partial charge on any atom is -0.484 e. The first-order valence-corrected chi connectivity index (χ1v) is 13.0. The Hall–Kier alpha value is -3.36. The fourth-order valence-electron chi connectivity index (χ4n) is 3.60. The Bertz CT molecular complexity index is 1320. The van der Waals surface area contributed by atoms with E-state index < -0.39 is 0 Å². The molecule has 1 fully saturated rings. The summed E-state index contributed by atoms with van der Waals surface area (Å²) in [4.78, 5) is 39.1. The SMILES string of the molecule is Cc1cc(Br)c(NC(=O)COc2ccc(/C=C3/SC(=O)N(CCc4ccccc4)C3=O)cc2)cc1C. The molecule has 1 aliphatic heterocycles. The Balaban J connectivity index is 1.31. The highest BCUT2D eigenvalue weighted by molar-refractivity contribution is 9.10. The highest BCUT2D eigenvalue weighted by Gasteiger charge is 2.34. The molecule has 3 aromatic carbocycles. The average Bonchev–Trinajstić information content (AvgIpc) is 3.13. The fraction of sp³-hybridized carbons (Fsp3) is 0.179. The van der Waals surface area contributed by atoms with Crippen molar-refractivity contribution in [2.45, 2.75) is 20.3 Å². The van der Waals surface area contributed by atoms with Gasteiger partial charge < -0.3 is 10.1 Å². The molecule has 4 rings (SSSR count). The third-order valence-electron chi connectivity index (χ3n) is 5.75. The van der Waals surface area contributed by atoms with Crippen molar-refractivity contribution in [1.82, 2.24) is 4.90 Å². The summed E-state index contributed by atoms with van der Waals surface area (Å²) in [5, 5.41) is 2.58. The van der Waals surface area contributed by atoms with Crippen molar-refractivity contribution >= 4 is 56.5 Å². The number of aryl methyl sites for hydroxylation is 2. The lowest BCUT2D eigenvalue weighted by Crippen LogP contribution is -2.30. The smallest absolute Gasteiger partial charge is 0.293 e. The van der Waals surface area contributed by atoms with Crippen LogP contribution in [0.1, 0.15) is 22.3 Å². The molecule has 3 aromatic rings. The molecule has 0 bridgehead atoms. The zero-order valence-electron chi connectivity index (χ0n) is 19.9. The van der Waals surface area contributed by atoms with Crippen LogP contribution in [-0.2, 0) is 16.0 Å². The molecule has 3 amide bonds. The van der Waals surface area contributed by atoms with Gasteiger partial charge in [-0.2, -0.15) is 0 Å². The van der Waals surface area contributed by atoms with Gasteiger partial charge in [-0.3, -0.25) is 19.3 Å². The van der Waals surface area contributed by atoms with Crippen LogP contribution in [0.25, 0.3) is 6.08 Å². The molecule has 1 heterocycles. The van der Waals surface area contributed by atoms with Crippen molar-refractivity contribution < 1.29 is 19.1 Å². The lowest BCUT2D eigenvalue weighted by molar-refractivity contribution is -0.122. The molecule has 0 unspecified atom stereocenters. The second kappa shape index (κ2) is 11.6. The number of halogens is 1. The summed E-state index contributed by atoms with van der Waals surface area (Å²) >= 11 is 4.41. The van der Waals surface area contributed by atoms with E-state index in [1.807, 2.05) is 56.3 Å². The predicted octanol–water partition coefficient (Wildman–Crippen LogP) is 6.36. The van der Waals surface area contributed by atoms with Gasteiger partial charge in [-0.25, -0.2) is 0 Å². The van der Waals surface area contributed by atoms with E-state index in [0.29, 0.717) is 29.3 Å². The van der Waals surface area contributed by atoms with E-state index in [1.165, 1.54) is 4.90 Å². The van der Waals surface area contributed by atoms with Gasteiger partial charge in [0.05, 0.1) is 10.6 Å². The Morgan fingerprint density at radius 2 is 1.72 bits per heavy atom. The van der Waals surface area contributed by atoms with E-state index in [0.717, 1.165) is 38.5 Å². The number of carbonyl (C=O) groups excluding carboxylic acids is 3. The molecule has 1 saturated heterocycles. The van der Waals surface area contributed by atoms with Crippen molar-refractivity contribution in [3.63, 3.8) is 0 Å². The van der Waals surface area contributed by atoms with Crippen LogP contribution >= 0.6 is 27.7 Å². The monoisotopic (exact) mass is 564 g/mol. The summed E-state index contributed by atoms with van der Waals surface area (Å²) in [6, 6.07) is 20.7. The first-order valence-electron chi connectivity index (χ1n) is 11.4. The van der Waals surface area contributed by atoms with Crippen LogP contribution in [-0.4, -0.2) is 35.1 Å². The molecule has 36 heavy (non-hydrogen) atoms. The molecule has 0 aromatic heterocycles. The van der Waals surface area contributed by atoms with Gasteiger partial charge in [0.1, 0.15) is 5.75 Å². The van der Waals surface area contributed by atoms with Crippen LogP contribution in [0, 0.1) is 13.8 Å². The second-order valence-corrected chi connectivity index (χ2v) is 10.2. The van der Waals surface area contributed by atoms with Crippen molar-refractivity contribution in [1.29, 1.82) is 0 Å². The standard InChI is InChI=1S/C28H25BrN2O4S/c1-18-14-23(29)24(15-19(18)2)30-26(32)17-35-22-10-8-21(9-11-22)16-25-27(33)31(28(34)36-25)13-12-20-6-4-3-5-7-20/h3-11,14-16H,12-13,17H2,1-2H3,(H,30,32)/b25-16+. The van der Waals surface area contributed by atoms with Gasteiger partial charge in [-0.05, 0) is 101 Å². The van der Waals surface area contributed by atoms with Crippen molar-refractivity contribution in [3.05, 3.63) is 98.4 Å². The van der Waals surface area contributed by atoms with Crippen LogP contribution in [0.15, 0.2) is 76.1 Å². The van der Waals surface area contributed by atoms with E-state index >= 15 is 0 Å². The third kappa shape index (κ3) is 6.44. The highest BCUT2D eigenvalue weighted by atomic mass is 79.9. The van der Waals surface area contributed by atoms with E-state index in [4.69, 9.17) is 4.74 Å². The lowest BCUT2D eigenvalue weighted by atomic mass is 10.1. The molecule has 0 radical (unpaired) electrons. The molecule has 0 spiro atoms. The maximum Gasteiger partial charge on any atom is 0.293 e. The van der Waals surface area contributed by atoms with Crippen LogP contribution in [0.4, 0.5) is 10.5 Å². The third-order valence-corrected chi connectivity index (χ3v) is 7.31. The molecule has 6 nitrogen and oxygen atoms in total. The van der Waals surface area contributed by atoms with Gasteiger partial charge in [0.25, 0.3) is 17.1 Å². The Morgan fingerprint density at radius 1 is 1.03 bits per heavy atom. The predicted molar refractivity (Wildman–Crippen MR) is 147 cm³/mol. The Kier molecular flexibility index (Phi) is 8.28. The van der Waals surface area contributed by atoms with Gasteiger partial charge in [0, 0.05) is 11.0 Å². The second-order valence-electron chi connectivity index (χ2n) is 8.39. The van der Waals surface area contributed by atoms with Crippen LogP contribution < -0.4 is 10.1 Å². The quantitative estimate of drug-likeness (QED) is 0.322. The first kappa shape index (κ1) is 25.7. The van der Waals surface area contributed by atoms with E-state index in [-0.39, 0.29) is 23.7 Å². The zero-order valence-corrected chi connectivity index (χ0v) is 22.3. The topological polar surface area (TPSA) is 75.7 Å². The van der Waals surface area contributed by atoms with Crippen LogP contribution in [0.3, 0.4) is 0 Å². The van der Waals surface area contributed by atoms with Gasteiger partial charge in [-0.1, -0.05) is 42.5 Å². The number of ether oxygens (including phenoxy) is 1. The maximum atomic E-state index is 12.7. The summed E-state index contributed by atoms with van der Waals surface area (Å²) in [5.41, 5.74) is 4.75. The summed E-state index contributed by atoms with van der Waals surface area (Å²) in [6.07, 6.45) is 2.31. The summed E-state index contributed by atoms with van der Waals surface area (Å²) in [6.45, 7) is 4.20. The van der Waals surface area contributed by atoms with Crippen molar-refractivity contribution in [2.75, 3.05) is 18.5 Å². The molecule has 0 atom stereocenters. The molecule has 184 valence electrons. The number of imide groups is 1. The van der Waals surface area contributed by atoms with Crippen molar-refractivity contribution in [3.8, 4) is 5.75 Å². The number of rotatable bonds is 8. The normalized spacial score (nSPS) is 14.4. The molecule has 1 N–H and O–H groups in total. The van der Waals surface area contributed by atoms with E-state index in [1.54, 1.807) is 30.3 Å². The number of benzene rings is 3. The summed E-state index contributed by atoms with van der Waals surface area (Å²) < 4.78 is 6.42. The number of nitrogens with one attached hydrogen (secondary N) is 1. The number of amides is 3. The highest BCUT2D eigenvalue weighted by Crippen LogP contribution is 2.32. The molecular formula is C28H25BrN2O4S. The number of nitrogens with zero attached hydrogens (tertiary/aromatic N) is 1. The number of carbonyl (C=O) groups is 3.